The van der Waals surface area contributed by atoms with Crippen LogP contribution >= 0.6 is 0 Å². The van der Waals surface area contributed by atoms with Crippen LogP contribution in [0.4, 0.5) is 5.69 Å². The molecule has 0 aliphatic carbocycles. The van der Waals surface area contributed by atoms with E-state index in [1.54, 1.807) is 0 Å². The number of hydrogen-bond donors (Lipinski definition) is 0. The molecule has 2 aromatic heterocycles. The smallest absolute Gasteiger partial charge is 0.137 e. The third kappa shape index (κ3) is 3.28. The van der Waals surface area contributed by atoms with Crippen molar-refractivity contribution in [2.75, 3.05) is 11.9 Å². The number of aromatic nitrogens is 2. The van der Waals surface area contributed by atoms with Crippen LogP contribution in [0.15, 0.2) is 103 Å². The van der Waals surface area contributed by atoms with Gasteiger partial charge >= 0.3 is 0 Å². The molecule has 1 unspecified atom stereocenters. The van der Waals surface area contributed by atoms with E-state index in [2.05, 4.69) is 95.0 Å². The molecule has 0 bridgehead atoms. The Labute approximate surface area is 199 Å². The Morgan fingerprint density at radius 3 is 2.38 bits per heavy atom. The molecule has 6 rings (SSSR count). The Morgan fingerprint density at radius 2 is 1.59 bits per heavy atom. The lowest BCUT2D eigenvalue weighted by Crippen LogP contribution is -2.34. The van der Waals surface area contributed by atoms with E-state index < -0.39 is 0 Å². The van der Waals surface area contributed by atoms with Crippen LogP contribution in [0, 0.1) is 0 Å². The Bertz CT molecular complexity index is 1540. The van der Waals surface area contributed by atoms with Crippen LogP contribution in [-0.4, -0.2) is 27.7 Å². The first-order valence-electron chi connectivity index (χ1n) is 11.5. The van der Waals surface area contributed by atoms with Gasteiger partial charge in [0.15, 0.2) is 0 Å². The molecule has 1 atom stereocenters. The molecule has 0 N–H and O–H groups in total. The highest BCUT2D eigenvalue weighted by Crippen LogP contribution is 2.36. The maximum Gasteiger partial charge on any atom is 0.137 e. The minimum Gasteiger partial charge on any atom is -0.457 e. The topological polar surface area (TPSA) is 33.5 Å². The third-order valence-electron chi connectivity index (χ3n) is 6.72. The van der Waals surface area contributed by atoms with Crippen molar-refractivity contribution in [3.05, 3.63) is 103 Å². The average molecular weight is 447 g/mol. The van der Waals surface area contributed by atoms with Crippen LogP contribution in [0.25, 0.3) is 27.6 Å². The Kier molecular flexibility index (Phi) is 4.77. The number of para-hydroxylation sites is 1. The lowest BCUT2D eigenvalue weighted by molar-refractivity contribution is 0.357. The summed E-state index contributed by atoms with van der Waals surface area (Å²) >= 11 is 0. The highest BCUT2D eigenvalue weighted by molar-refractivity contribution is 6.09. The summed E-state index contributed by atoms with van der Waals surface area (Å²) in [4.78, 5) is 9.15. The van der Waals surface area contributed by atoms with Crippen LogP contribution in [0.5, 0.6) is 11.5 Å². The zero-order valence-corrected chi connectivity index (χ0v) is 19.5. The van der Waals surface area contributed by atoms with Crippen LogP contribution < -0.4 is 9.64 Å². The fourth-order valence-corrected chi connectivity index (χ4v) is 4.76. The van der Waals surface area contributed by atoms with Crippen molar-refractivity contribution >= 4 is 27.5 Å². The van der Waals surface area contributed by atoms with Gasteiger partial charge in [0.25, 0.3) is 0 Å². The normalized spacial score (nSPS) is 15.9. The third-order valence-corrected chi connectivity index (χ3v) is 6.72. The number of pyridine rings is 1. The van der Waals surface area contributed by atoms with Crippen molar-refractivity contribution in [2.24, 2.45) is 0 Å². The summed E-state index contributed by atoms with van der Waals surface area (Å²) in [6.07, 6.45) is 4.27. The van der Waals surface area contributed by atoms with Crippen LogP contribution in [-0.2, 0) is 0 Å². The van der Waals surface area contributed by atoms with Gasteiger partial charge in [-0.2, -0.15) is 0 Å². The summed E-state index contributed by atoms with van der Waals surface area (Å²) in [5, 5.41) is 2.38. The number of rotatable bonds is 4. The van der Waals surface area contributed by atoms with Gasteiger partial charge in [-0.1, -0.05) is 30.3 Å². The number of fused-ring (bicyclic) bond motifs is 3. The van der Waals surface area contributed by atoms with E-state index in [0.717, 1.165) is 34.0 Å². The highest BCUT2D eigenvalue weighted by Gasteiger charge is 2.24. The van der Waals surface area contributed by atoms with Gasteiger partial charge in [0.2, 0.25) is 0 Å². The standard InChI is InChI=1S/C29H26N4O/c1-20-19-32(21(2)31(20)3)22-9-8-10-23(17-22)34-24-14-15-26-25-11-4-5-12-27(25)33(28(26)18-24)29-13-6-7-16-30-29/h4-19,21H,1-3H3. The van der Waals surface area contributed by atoms with E-state index in [1.807, 2.05) is 42.6 Å². The molecule has 0 saturated carbocycles. The Balaban J connectivity index is 1.41. The minimum absolute atomic E-state index is 0.265. The molecule has 0 radical (unpaired) electrons. The SMILES string of the molecule is CC1=CN(c2cccc(Oc3ccc4c5ccccc5n(-c5ccccn5)c4c3)c2)C(C)N1C. The van der Waals surface area contributed by atoms with Crippen molar-refractivity contribution in [1.82, 2.24) is 14.5 Å². The van der Waals surface area contributed by atoms with Gasteiger partial charge in [-0.25, -0.2) is 4.98 Å². The summed E-state index contributed by atoms with van der Waals surface area (Å²) in [5.74, 6) is 2.50. The van der Waals surface area contributed by atoms with Crippen LogP contribution in [0.3, 0.4) is 0 Å². The number of anilines is 1. The number of nitrogens with zero attached hydrogens (tertiary/aromatic N) is 4. The van der Waals surface area contributed by atoms with Gasteiger partial charge in [0.05, 0.1) is 11.0 Å². The van der Waals surface area contributed by atoms with Crippen molar-refractivity contribution < 1.29 is 4.74 Å². The van der Waals surface area contributed by atoms with Crippen LogP contribution in [0.1, 0.15) is 13.8 Å². The molecule has 5 nitrogen and oxygen atoms in total. The van der Waals surface area contributed by atoms with E-state index in [4.69, 9.17) is 4.74 Å². The van der Waals surface area contributed by atoms with Gasteiger partial charge in [-0.05, 0) is 56.3 Å². The number of ether oxygens (including phenoxy) is 1. The molecule has 5 aromatic rings. The molecule has 3 heterocycles. The van der Waals surface area contributed by atoms with Gasteiger partial charge in [0.1, 0.15) is 23.5 Å². The molecule has 0 fully saturated rings. The first kappa shape index (κ1) is 20.4. The summed E-state index contributed by atoms with van der Waals surface area (Å²) in [6, 6.07) is 29.0. The quantitative estimate of drug-likeness (QED) is 0.300. The molecular formula is C29H26N4O. The summed E-state index contributed by atoms with van der Waals surface area (Å²) in [6.45, 7) is 4.33. The van der Waals surface area contributed by atoms with E-state index in [-0.39, 0.29) is 6.17 Å². The monoisotopic (exact) mass is 446 g/mol. The van der Waals surface area contributed by atoms with Gasteiger partial charge in [0, 0.05) is 53.7 Å². The largest absolute Gasteiger partial charge is 0.457 e. The number of benzene rings is 3. The second kappa shape index (κ2) is 7.96. The number of allylic oxidation sites excluding steroid dienone is 1. The highest BCUT2D eigenvalue weighted by atomic mass is 16.5. The van der Waals surface area contributed by atoms with Crippen molar-refractivity contribution in [2.45, 2.75) is 20.0 Å². The molecule has 1 aliphatic heterocycles. The van der Waals surface area contributed by atoms with Crippen molar-refractivity contribution in [3.63, 3.8) is 0 Å². The predicted molar refractivity (Wildman–Crippen MR) is 139 cm³/mol. The molecule has 0 amide bonds. The molecule has 0 saturated heterocycles. The zero-order chi connectivity index (χ0) is 23.2. The molecule has 168 valence electrons. The number of hydrogen-bond acceptors (Lipinski definition) is 4. The molecular weight excluding hydrogens is 420 g/mol. The van der Waals surface area contributed by atoms with Gasteiger partial charge in [-0.15, -0.1) is 0 Å². The molecule has 1 aliphatic rings. The maximum absolute atomic E-state index is 6.37. The van der Waals surface area contributed by atoms with E-state index in [0.29, 0.717) is 0 Å². The van der Waals surface area contributed by atoms with Crippen LogP contribution in [0.2, 0.25) is 0 Å². The summed E-state index contributed by atoms with van der Waals surface area (Å²) in [5.41, 5.74) is 4.55. The Hall–Kier alpha value is -4.25. The first-order valence-corrected chi connectivity index (χ1v) is 11.5. The average Bonchev–Trinajstić information content (AvgIpc) is 3.33. The van der Waals surface area contributed by atoms with Crippen molar-refractivity contribution in [3.8, 4) is 17.3 Å². The Morgan fingerprint density at radius 1 is 0.794 bits per heavy atom. The fraction of sp³-hybridized carbons (Fsp3) is 0.138. The molecule has 3 aromatic carbocycles. The lowest BCUT2D eigenvalue weighted by Gasteiger charge is -2.28. The second-order valence-corrected chi connectivity index (χ2v) is 8.74. The predicted octanol–water partition coefficient (Wildman–Crippen LogP) is 6.93. The minimum atomic E-state index is 0.265. The maximum atomic E-state index is 6.37. The second-order valence-electron chi connectivity index (χ2n) is 8.74. The summed E-state index contributed by atoms with van der Waals surface area (Å²) < 4.78 is 8.57. The fourth-order valence-electron chi connectivity index (χ4n) is 4.76. The van der Waals surface area contributed by atoms with E-state index >= 15 is 0 Å². The first-order chi connectivity index (χ1) is 16.6. The molecule has 0 spiro atoms. The molecule has 34 heavy (non-hydrogen) atoms. The zero-order valence-electron chi connectivity index (χ0n) is 19.5. The molecule has 5 heteroatoms. The van der Waals surface area contributed by atoms with Crippen molar-refractivity contribution in [1.29, 1.82) is 0 Å². The van der Waals surface area contributed by atoms with Gasteiger partial charge < -0.3 is 14.5 Å². The summed E-state index contributed by atoms with van der Waals surface area (Å²) in [7, 11) is 2.12. The van der Waals surface area contributed by atoms with E-state index in [1.165, 1.54) is 16.5 Å². The lowest BCUT2D eigenvalue weighted by atomic mass is 10.1. The van der Waals surface area contributed by atoms with Gasteiger partial charge in [-0.3, -0.25) is 4.57 Å². The van der Waals surface area contributed by atoms with E-state index in [9.17, 15) is 0 Å².